The van der Waals surface area contributed by atoms with E-state index in [0.29, 0.717) is 17.1 Å². The number of carboxylic acid groups (broad SMARTS) is 1. The Kier molecular flexibility index (Phi) is 9.59. The van der Waals surface area contributed by atoms with Crippen LogP contribution in [-0.2, 0) is 11.2 Å². The van der Waals surface area contributed by atoms with E-state index in [9.17, 15) is 19.5 Å². The Morgan fingerprint density at radius 3 is 2.18 bits per heavy atom. The molecule has 0 unspecified atom stereocenters. The molecule has 226 valence electrons. The van der Waals surface area contributed by atoms with Gasteiger partial charge in [-0.15, -0.1) is 0 Å². The molecule has 0 spiro atoms. The molecule has 5 rings (SSSR count). The third kappa shape index (κ3) is 8.04. The quantitative estimate of drug-likeness (QED) is 0.181. The summed E-state index contributed by atoms with van der Waals surface area (Å²) in [6.07, 6.45) is 3.67. The fourth-order valence-electron chi connectivity index (χ4n) is 5.27. The average Bonchev–Trinajstić information content (AvgIpc) is 3.01. The molecule has 8 heteroatoms. The summed E-state index contributed by atoms with van der Waals surface area (Å²) in [7, 11) is 0. The van der Waals surface area contributed by atoms with Gasteiger partial charge in [-0.2, -0.15) is 0 Å². The van der Waals surface area contributed by atoms with Gasteiger partial charge in [-0.25, -0.2) is 4.79 Å². The summed E-state index contributed by atoms with van der Waals surface area (Å²) in [4.78, 5) is 36.4. The number of carbonyl (C=O) groups excluding carboxylic acids is 2. The van der Waals surface area contributed by atoms with Crippen molar-refractivity contribution < 1.29 is 29.0 Å². The Morgan fingerprint density at radius 1 is 0.818 bits per heavy atom. The highest BCUT2D eigenvalue weighted by atomic mass is 16.5. The van der Waals surface area contributed by atoms with Crippen molar-refractivity contribution in [2.24, 2.45) is 0 Å². The van der Waals surface area contributed by atoms with Crippen molar-refractivity contribution in [1.82, 2.24) is 5.32 Å². The van der Waals surface area contributed by atoms with E-state index in [1.54, 1.807) is 30.3 Å². The molecule has 4 aromatic rings. The third-order valence-electron chi connectivity index (χ3n) is 7.72. The molecule has 0 aliphatic heterocycles. The number of hydrogen-bond acceptors (Lipinski definition) is 5. The van der Waals surface area contributed by atoms with Crippen LogP contribution in [0.3, 0.4) is 0 Å². The molecule has 0 saturated heterocycles. The van der Waals surface area contributed by atoms with Crippen molar-refractivity contribution >= 4 is 23.5 Å². The number of anilines is 1. The second-order valence-electron chi connectivity index (χ2n) is 11.2. The molecule has 44 heavy (non-hydrogen) atoms. The predicted octanol–water partition coefficient (Wildman–Crippen LogP) is 7.10. The van der Waals surface area contributed by atoms with E-state index in [0.717, 1.165) is 48.1 Å². The number of rotatable bonds is 10. The maximum atomic E-state index is 12.6. The first-order valence-electron chi connectivity index (χ1n) is 14.8. The van der Waals surface area contributed by atoms with Crippen LogP contribution in [0.4, 0.5) is 5.69 Å². The molecule has 0 aromatic heterocycles. The molecule has 0 atom stereocenters. The maximum Gasteiger partial charge on any atom is 0.337 e. The summed E-state index contributed by atoms with van der Waals surface area (Å²) in [5, 5.41) is 15.1. The fourth-order valence-corrected chi connectivity index (χ4v) is 5.27. The van der Waals surface area contributed by atoms with Crippen LogP contribution in [0.15, 0.2) is 91.0 Å². The van der Waals surface area contributed by atoms with E-state index in [1.165, 1.54) is 6.07 Å². The van der Waals surface area contributed by atoms with Crippen molar-refractivity contribution in [2.75, 3.05) is 5.32 Å². The molecule has 2 amide bonds. The third-order valence-corrected chi connectivity index (χ3v) is 7.72. The first-order chi connectivity index (χ1) is 21.2. The smallest absolute Gasteiger partial charge is 0.337 e. The molecule has 1 saturated carbocycles. The Hall–Kier alpha value is -5.11. The van der Waals surface area contributed by atoms with E-state index in [-0.39, 0.29) is 41.6 Å². The number of carbonyl (C=O) groups is 3. The van der Waals surface area contributed by atoms with Crippen molar-refractivity contribution in [3.63, 3.8) is 0 Å². The number of benzene rings is 4. The van der Waals surface area contributed by atoms with Crippen molar-refractivity contribution in [1.29, 1.82) is 0 Å². The largest absolute Gasteiger partial charge is 0.490 e. The standard InChI is InChI=1S/C36H36N2O6/c1-23-7-11-26(12-8-23)35(40)37-27-13-17-29(18-14-27)44-33-20-19-30(21-24(33)2)43-28-15-9-25(10-16-28)22-34(39)38-32-6-4-3-5-31(32)36(41)42/h3-12,15-16,19-21,27,29H,13-14,17-18,22H2,1-2H3,(H,37,40)(H,38,39)(H,41,42). The van der Waals surface area contributed by atoms with E-state index in [1.807, 2.05) is 68.4 Å². The zero-order chi connectivity index (χ0) is 31.1. The molecular formula is C36H36N2O6. The number of aryl methyl sites for hydroxylation is 2. The maximum absolute atomic E-state index is 12.6. The van der Waals surface area contributed by atoms with Crippen LogP contribution < -0.4 is 20.1 Å². The van der Waals surface area contributed by atoms with Crippen LogP contribution in [0.1, 0.15) is 63.1 Å². The lowest BCUT2D eigenvalue weighted by Crippen LogP contribution is -2.39. The number of carboxylic acids is 1. The van der Waals surface area contributed by atoms with Crippen LogP contribution in [0.5, 0.6) is 17.2 Å². The number of ether oxygens (including phenoxy) is 2. The van der Waals surface area contributed by atoms with Crippen molar-refractivity contribution in [2.45, 2.75) is 58.1 Å². The summed E-state index contributed by atoms with van der Waals surface area (Å²) in [5.74, 6) is 0.688. The van der Waals surface area contributed by atoms with E-state index >= 15 is 0 Å². The molecule has 1 aliphatic rings. The zero-order valence-corrected chi connectivity index (χ0v) is 24.8. The van der Waals surface area contributed by atoms with Gasteiger partial charge >= 0.3 is 5.97 Å². The lowest BCUT2D eigenvalue weighted by molar-refractivity contribution is -0.115. The van der Waals surface area contributed by atoms with Crippen LogP contribution >= 0.6 is 0 Å². The summed E-state index contributed by atoms with van der Waals surface area (Å²) >= 11 is 0. The highest BCUT2D eigenvalue weighted by Crippen LogP contribution is 2.31. The van der Waals surface area contributed by atoms with Crippen molar-refractivity contribution in [3.05, 3.63) is 119 Å². The first kappa shape index (κ1) is 30.4. The predicted molar refractivity (Wildman–Crippen MR) is 169 cm³/mol. The van der Waals surface area contributed by atoms with Gasteiger partial charge in [-0.05, 0) is 105 Å². The minimum atomic E-state index is -1.10. The lowest BCUT2D eigenvalue weighted by atomic mass is 9.92. The molecule has 3 N–H and O–H groups in total. The summed E-state index contributed by atoms with van der Waals surface area (Å²) in [5.41, 5.74) is 3.86. The average molecular weight is 593 g/mol. The molecule has 0 radical (unpaired) electrons. The lowest BCUT2D eigenvalue weighted by Gasteiger charge is -2.30. The SMILES string of the molecule is Cc1ccc(C(=O)NC2CCC(Oc3ccc(Oc4ccc(CC(=O)Nc5ccccc5C(=O)O)cc4)cc3C)CC2)cc1. The number of para-hydroxylation sites is 1. The second-order valence-corrected chi connectivity index (χ2v) is 11.2. The highest BCUT2D eigenvalue weighted by molar-refractivity contribution is 6.01. The normalized spacial score (nSPS) is 16.0. The van der Waals surface area contributed by atoms with Crippen LogP contribution in [-0.4, -0.2) is 35.0 Å². The number of nitrogens with one attached hydrogen (secondary N) is 2. The Labute approximate surface area is 257 Å². The summed E-state index contributed by atoms with van der Waals surface area (Å²) in [6.45, 7) is 3.99. The van der Waals surface area contributed by atoms with Gasteiger partial charge in [0.05, 0.1) is 23.8 Å². The van der Waals surface area contributed by atoms with Gasteiger partial charge < -0.3 is 25.2 Å². The number of amides is 2. The van der Waals surface area contributed by atoms with Gasteiger partial charge in [0.1, 0.15) is 17.2 Å². The van der Waals surface area contributed by atoms with E-state index in [2.05, 4.69) is 10.6 Å². The van der Waals surface area contributed by atoms with Gasteiger partial charge in [-0.1, -0.05) is 42.0 Å². The summed E-state index contributed by atoms with van der Waals surface area (Å²) in [6, 6.07) is 27.0. The van der Waals surface area contributed by atoms with Gasteiger partial charge in [0.25, 0.3) is 5.91 Å². The van der Waals surface area contributed by atoms with Crippen LogP contribution in [0.25, 0.3) is 0 Å². The molecule has 8 nitrogen and oxygen atoms in total. The van der Waals surface area contributed by atoms with Gasteiger partial charge in [0, 0.05) is 11.6 Å². The van der Waals surface area contributed by atoms with E-state index in [4.69, 9.17) is 9.47 Å². The van der Waals surface area contributed by atoms with Crippen LogP contribution in [0.2, 0.25) is 0 Å². The molecular weight excluding hydrogens is 556 g/mol. The van der Waals surface area contributed by atoms with Gasteiger partial charge in [0.15, 0.2) is 0 Å². The second kappa shape index (κ2) is 13.9. The number of aromatic carboxylic acids is 1. The Bertz CT molecular complexity index is 1620. The van der Waals surface area contributed by atoms with Gasteiger partial charge in [-0.3, -0.25) is 9.59 Å². The highest BCUT2D eigenvalue weighted by Gasteiger charge is 2.24. The monoisotopic (exact) mass is 592 g/mol. The van der Waals surface area contributed by atoms with E-state index < -0.39 is 5.97 Å². The molecule has 0 heterocycles. The fraction of sp³-hybridized carbons (Fsp3) is 0.250. The van der Waals surface area contributed by atoms with Crippen LogP contribution in [0, 0.1) is 13.8 Å². The molecule has 0 bridgehead atoms. The summed E-state index contributed by atoms with van der Waals surface area (Å²) < 4.78 is 12.4. The Balaban J connectivity index is 1.09. The number of hydrogen-bond donors (Lipinski definition) is 3. The molecule has 4 aromatic carbocycles. The minimum Gasteiger partial charge on any atom is -0.490 e. The zero-order valence-electron chi connectivity index (χ0n) is 24.8. The van der Waals surface area contributed by atoms with Crippen molar-refractivity contribution in [3.8, 4) is 17.2 Å². The minimum absolute atomic E-state index is 0.0277. The first-order valence-corrected chi connectivity index (χ1v) is 14.8. The Morgan fingerprint density at radius 2 is 1.50 bits per heavy atom. The van der Waals surface area contributed by atoms with Gasteiger partial charge in [0.2, 0.25) is 5.91 Å². The molecule has 1 aliphatic carbocycles. The topological polar surface area (TPSA) is 114 Å². The molecule has 1 fully saturated rings.